The lowest BCUT2D eigenvalue weighted by Crippen LogP contribution is -2.16. The molecule has 2 aromatic heterocycles. The van der Waals surface area contributed by atoms with Crippen molar-refractivity contribution >= 4 is 11.6 Å². The number of nitrogens with one attached hydrogen (secondary N) is 1. The van der Waals surface area contributed by atoms with Crippen molar-refractivity contribution < 1.29 is 22.4 Å². The van der Waals surface area contributed by atoms with E-state index >= 15 is 0 Å². The molecule has 6 nitrogen and oxygen atoms in total. The monoisotopic (exact) mass is 350 g/mol. The molecule has 9 heteroatoms. The Bertz CT molecular complexity index is 885. The minimum Gasteiger partial charge on any atom is -0.444 e. The number of alkyl halides is 3. The van der Waals surface area contributed by atoms with Gasteiger partial charge in [0, 0.05) is 24.5 Å². The first-order chi connectivity index (χ1) is 11.8. The number of hydrogen-bond acceptors (Lipinski definition) is 4. The molecule has 1 N–H and O–H groups in total. The van der Waals surface area contributed by atoms with Crippen molar-refractivity contribution in [1.29, 1.82) is 0 Å². The van der Waals surface area contributed by atoms with Gasteiger partial charge in [-0.05, 0) is 24.3 Å². The van der Waals surface area contributed by atoms with Crippen LogP contribution in [-0.4, -0.2) is 20.7 Å². The molecule has 0 aliphatic rings. The van der Waals surface area contributed by atoms with Crippen LogP contribution in [0.4, 0.5) is 18.9 Å². The number of halogens is 3. The second-order valence-corrected chi connectivity index (χ2v) is 5.37. The van der Waals surface area contributed by atoms with Gasteiger partial charge in [-0.3, -0.25) is 9.48 Å². The van der Waals surface area contributed by atoms with E-state index in [1.54, 1.807) is 19.3 Å². The Morgan fingerprint density at radius 1 is 1.32 bits per heavy atom. The minimum atomic E-state index is -4.56. The molecule has 1 aromatic carbocycles. The first kappa shape index (κ1) is 16.7. The van der Waals surface area contributed by atoms with Gasteiger partial charge in [-0.1, -0.05) is 0 Å². The fourth-order valence-corrected chi connectivity index (χ4v) is 2.29. The molecule has 2 heterocycles. The molecular formula is C16H13F3N4O2. The van der Waals surface area contributed by atoms with Crippen molar-refractivity contribution in [2.24, 2.45) is 7.05 Å². The minimum absolute atomic E-state index is 0.0159. The van der Waals surface area contributed by atoms with Gasteiger partial charge in [-0.25, -0.2) is 4.98 Å². The van der Waals surface area contributed by atoms with Gasteiger partial charge in [0.1, 0.15) is 0 Å². The summed E-state index contributed by atoms with van der Waals surface area (Å²) in [6, 6.07) is 4.86. The van der Waals surface area contributed by atoms with Crippen molar-refractivity contribution in [1.82, 2.24) is 14.8 Å². The number of aryl methyl sites for hydroxylation is 1. The van der Waals surface area contributed by atoms with Crippen LogP contribution in [0.15, 0.2) is 47.5 Å². The third-order valence-electron chi connectivity index (χ3n) is 3.37. The summed E-state index contributed by atoms with van der Waals surface area (Å²) in [4.78, 5) is 15.8. The molecule has 1 amide bonds. The summed E-state index contributed by atoms with van der Waals surface area (Å²) in [5.41, 5.74) is -0.195. The zero-order chi connectivity index (χ0) is 18.0. The highest BCUT2D eigenvalue weighted by Gasteiger charge is 2.31. The molecule has 130 valence electrons. The maximum absolute atomic E-state index is 13.1. The molecular weight excluding hydrogens is 337 g/mol. The third kappa shape index (κ3) is 4.06. The zero-order valence-corrected chi connectivity index (χ0v) is 13.0. The Balaban J connectivity index is 1.87. The molecule has 0 saturated heterocycles. The van der Waals surface area contributed by atoms with Gasteiger partial charge in [0.25, 0.3) is 0 Å². The number of benzene rings is 1. The molecule has 0 spiro atoms. The van der Waals surface area contributed by atoms with Crippen LogP contribution >= 0.6 is 0 Å². The summed E-state index contributed by atoms with van der Waals surface area (Å²) in [5.74, 6) is -0.298. The molecule has 0 unspecified atom stereocenters. The molecule has 0 atom stereocenters. The maximum Gasteiger partial charge on any atom is 0.416 e. The van der Waals surface area contributed by atoms with Gasteiger partial charge in [0.2, 0.25) is 5.91 Å². The van der Waals surface area contributed by atoms with Gasteiger partial charge in [0.05, 0.1) is 23.9 Å². The largest absolute Gasteiger partial charge is 0.444 e. The molecule has 3 rings (SSSR count). The van der Waals surface area contributed by atoms with E-state index in [1.807, 2.05) is 0 Å². The summed E-state index contributed by atoms with van der Waals surface area (Å²) < 4.78 is 45.9. The average molecular weight is 350 g/mol. The summed E-state index contributed by atoms with van der Waals surface area (Å²) in [5, 5.41) is 6.52. The van der Waals surface area contributed by atoms with E-state index < -0.39 is 17.6 Å². The molecule has 3 aromatic rings. The summed E-state index contributed by atoms with van der Waals surface area (Å²) in [6.45, 7) is 0. The Labute approximate surface area is 140 Å². The van der Waals surface area contributed by atoms with Crippen LogP contribution in [0.3, 0.4) is 0 Å². The summed E-state index contributed by atoms with van der Waals surface area (Å²) in [7, 11) is 1.71. The fourth-order valence-electron chi connectivity index (χ4n) is 2.29. The van der Waals surface area contributed by atoms with E-state index in [9.17, 15) is 18.0 Å². The normalized spacial score (nSPS) is 11.5. The van der Waals surface area contributed by atoms with E-state index in [0.717, 1.165) is 18.5 Å². The SMILES string of the molecule is Cn1ccc(CC(=O)Nc2cc(-c3cnco3)cc(C(F)(F)F)c2)n1. The van der Waals surface area contributed by atoms with E-state index in [2.05, 4.69) is 15.4 Å². The zero-order valence-electron chi connectivity index (χ0n) is 13.0. The Morgan fingerprint density at radius 3 is 2.72 bits per heavy atom. The lowest BCUT2D eigenvalue weighted by molar-refractivity contribution is -0.137. The number of hydrogen-bond donors (Lipinski definition) is 1. The predicted molar refractivity (Wildman–Crippen MR) is 82.5 cm³/mol. The molecule has 0 saturated carbocycles. The number of oxazole rings is 1. The molecule has 0 fully saturated rings. The maximum atomic E-state index is 13.1. The lowest BCUT2D eigenvalue weighted by Gasteiger charge is -2.12. The van der Waals surface area contributed by atoms with Crippen LogP contribution in [0.25, 0.3) is 11.3 Å². The lowest BCUT2D eigenvalue weighted by atomic mass is 10.1. The Morgan fingerprint density at radius 2 is 2.12 bits per heavy atom. The molecule has 0 bridgehead atoms. The smallest absolute Gasteiger partial charge is 0.416 e. The van der Waals surface area contributed by atoms with Crippen molar-refractivity contribution in [3.05, 3.63) is 54.3 Å². The Hall–Kier alpha value is -3.10. The van der Waals surface area contributed by atoms with Gasteiger partial charge >= 0.3 is 6.18 Å². The number of anilines is 1. The topological polar surface area (TPSA) is 73.0 Å². The number of nitrogens with zero attached hydrogens (tertiary/aromatic N) is 3. The van der Waals surface area contributed by atoms with Gasteiger partial charge in [-0.2, -0.15) is 18.3 Å². The first-order valence-electron chi connectivity index (χ1n) is 7.21. The quantitative estimate of drug-likeness (QED) is 0.784. The Kier molecular flexibility index (Phi) is 4.30. The van der Waals surface area contributed by atoms with Gasteiger partial charge in [0.15, 0.2) is 12.2 Å². The molecule has 0 aliphatic carbocycles. The second kappa shape index (κ2) is 6.42. The third-order valence-corrected chi connectivity index (χ3v) is 3.37. The van der Waals surface area contributed by atoms with Gasteiger partial charge in [-0.15, -0.1) is 0 Å². The summed E-state index contributed by atoms with van der Waals surface area (Å²) >= 11 is 0. The van der Waals surface area contributed by atoms with Crippen LogP contribution in [0.5, 0.6) is 0 Å². The molecule has 0 radical (unpaired) electrons. The highest BCUT2D eigenvalue weighted by atomic mass is 19.4. The highest BCUT2D eigenvalue weighted by molar-refractivity contribution is 5.92. The molecule has 25 heavy (non-hydrogen) atoms. The standard InChI is InChI=1S/C16H13F3N4O2/c1-23-3-2-12(22-23)7-15(24)21-13-5-10(14-8-20-9-25-14)4-11(6-13)16(17,18)19/h2-6,8-9H,7H2,1H3,(H,21,24). The fraction of sp³-hybridized carbons (Fsp3) is 0.188. The first-order valence-corrected chi connectivity index (χ1v) is 7.21. The summed E-state index contributed by atoms with van der Waals surface area (Å²) in [6.07, 6.45) is -0.510. The van der Waals surface area contributed by atoms with E-state index in [1.165, 1.54) is 16.9 Å². The number of rotatable bonds is 4. The van der Waals surface area contributed by atoms with Gasteiger partial charge < -0.3 is 9.73 Å². The van der Waals surface area contributed by atoms with Crippen molar-refractivity contribution in [3.63, 3.8) is 0 Å². The van der Waals surface area contributed by atoms with E-state index in [4.69, 9.17) is 4.42 Å². The number of amides is 1. The van der Waals surface area contributed by atoms with Crippen molar-refractivity contribution in [2.75, 3.05) is 5.32 Å². The number of carbonyl (C=O) groups is 1. The van der Waals surface area contributed by atoms with Crippen molar-refractivity contribution in [2.45, 2.75) is 12.6 Å². The van der Waals surface area contributed by atoms with Crippen LogP contribution in [-0.2, 0) is 24.4 Å². The van der Waals surface area contributed by atoms with E-state index in [0.29, 0.717) is 5.69 Å². The predicted octanol–water partition coefficient (Wildman–Crippen LogP) is 3.28. The number of aromatic nitrogens is 3. The van der Waals surface area contributed by atoms with Crippen LogP contribution in [0.1, 0.15) is 11.3 Å². The van der Waals surface area contributed by atoms with Crippen LogP contribution in [0.2, 0.25) is 0 Å². The van der Waals surface area contributed by atoms with Crippen molar-refractivity contribution in [3.8, 4) is 11.3 Å². The average Bonchev–Trinajstić information content (AvgIpc) is 3.18. The highest BCUT2D eigenvalue weighted by Crippen LogP contribution is 2.34. The number of carbonyl (C=O) groups excluding carboxylic acids is 1. The second-order valence-electron chi connectivity index (χ2n) is 5.37. The van der Waals surface area contributed by atoms with Crippen LogP contribution < -0.4 is 5.32 Å². The van der Waals surface area contributed by atoms with Crippen LogP contribution in [0, 0.1) is 0 Å². The molecule has 0 aliphatic heterocycles. The van der Waals surface area contributed by atoms with E-state index in [-0.39, 0.29) is 23.4 Å².